The highest BCUT2D eigenvalue weighted by molar-refractivity contribution is 5.95. The number of nitrogen functional groups attached to an aromatic ring is 1. The first kappa shape index (κ1) is 13.9. The highest BCUT2D eigenvalue weighted by Gasteiger charge is 2.29. The van der Waals surface area contributed by atoms with Gasteiger partial charge in [0.2, 0.25) is 0 Å². The van der Waals surface area contributed by atoms with Gasteiger partial charge >= 0.3 is 6.18 Å². The minimum absolute atomic E-state index is 0.0584. The van der Waals surface area contributed by atoms with E-state index < -0.39 is 17.6 Å². The normalized spacial score (nSPS) is 11.6. The Bertz CT molecular complexity index is 631. The maximum Gasteiger partial charge on any atom is 0.416 e. The number of alkyl halides is 3. The van der Waals surface area contributed by atoms with E-state index in [1.54, 1.807) is 0 Å². The number of hydrogen-bond acceptors (Lipinski definition) is 3. The van der Waals surface area contributed by atoms with Crippen molar-refractivity contribution in [2.45, 2.75) is 12.7 Å². The van der Waals surface area contributed by atoms with Crippen LogP contribution in [0.2, 0.25) is 0 Å². The molecule has 1 aromatic heterocycles. The maximum absolute atomic E-state index is 12.4. The van der Waals surface area contributed by atoms with Crippen molar-refractivity contribution in [3.63, 3.8) is 0 Å². The molecule has 106 valence electrons. The molecular formula is C12H11F3N4O. The molecule has 4 N–H and O–H groups in total. The van der Waals surface area contributed by atoms with Crippen LogP contribution in [0, 0.1) is 0 Å². The van der Waals surface area contributed by atoms with Crippen molar-refractivity contribution < 1.29 is 18.0 Å². The molecule has 0 aliphatic rings. The highest BCUT2D eigenvalue weighted by Crippen LogP contribution is 2.29. The standard InChI is InChI=1S/C12H11F3N4O/c13-12(14,15)8-3-1-7(2-4-8)5-19-6-9(16)10(18-19)11(17)20/h1-4,6H,5,16H2,(H2,17,20). The molecule has 0 saturated heterocycles. The predicted molar refractivity (Wildman–Crippen MR) is 65.7 cm³/mol. The molecule has 0 aliphatic heterocycles. The van der Waals surface area contributed by atoms with Gasteiger partial charge in [0.25, 0.3) is 5.91 Å². The van der Waals surface area contributed by atoms with Crippen molar-refractivity contribution in [1.82, 2.24) is 9.78 Å². The van der Waals surface area contributed by atoms with Crippen molar-refractivity contribution in [2.24, 2.45) is 5.73 Å². The molecule has 1 aromatic carbocycles. The van der Waals surface area contributed by atoms with Crippen LogP contribution in [-0.4, -0.2) is 15.7 Å². The summed E-state index contributed by atoms with van der Waals surface area (Å²) in [6.07, 6.45) is -2.97. The van der Waals surface area contributed by atoms with Gasteiger partial charge in [-0.25, -0.2) is 0 Å². The zero-order chi connectivity index (χ0) is 14.9. The Labute approximate surface area is 112 Å². The Balaban J connectivity index is 2.18. The summed E-state index contributed by atoms with van der Waals surface area (Å²) < 4.78 is 38.6. The molecule has 8 heteroatoms. The molecule has 0 saturated carbocycles. The summed E-state index contributed by atoms with van der Waals surface area (Å²) in [5.41, 5.74) is 10.6. The van der Waals surface area contributed by atoms with E-state index >= 15 is 0 Å². The van der Waals surface area contributed by atoms with Gasteiger partial charge in [0.1, 0.15) is 0 Å². The molecule has 0 bridgehead atoms. The van der Waals surface area contributed by atoms with E-state index in [0.29, 0.717) is 5.56 Å². The second kappa shape index (κ2) is 4.87. The molecule has 0 spiro atoms. The fraction of sp³-hybridized carbons (Fsp3) is 0.167. The highest BCUT2D eigenvalue weighted by atomic mass is 19.4. The monoisotopic (exact) mass is 284 g/mol. The lowest BCUT2D eigenvalue weighted by molar-refractivity contribution is -0.137. The average Bonchev–Trinajstić information content (AvgIpc) is 2.70. The van der Waals surface area contributed by atoms with E-state index in [1.165, 1.54) is 23.0 Å². The lowest BCUT2D eigenvalue weighted by Crippen LogP contribution is -2.14. The lowest BCUT2D eigenvalue weighted by atomic mass is 10.1. The minimum atomic E-state index is -4.37. The van der Waals surface area contributed by atoms with E-state index in [2.05, 4.69) is 5.10 Å². The summed E-state index contributed by atoms with van der Waals surface area (Å²) in [5.74, 6) is -0.756. The topological polar surface area (TPSA) is 86.9 Å². The molecule has 0 radical (unpaired) electrons. The van der Waals surface area contributed by atoms with Gasteiger partial charge in [-0.3, -0.25) is 9.48 Å². The Morgan fingerprint density at radius 2 is 1.85 bits per heavy atom. The molecule has 5 nitrogen and oxygen atoms in total. The van der Waals surface area contributed by atoms with Gasteiger partial charge in [-0.05, 0) is 17.7 Å². The van der Waals surface area contributed by atoms with Crippen LogP contribution in [0.5, 0.6) is 0 Å². The number of anilines is 1. The molecule has 2 aromatic rings. The molecule has 0 aliphatic carbocycles. The second-order valence-corrected chi connectivity index (χ2v) is 4.19. The number of benzene rings is 1. The molecule has 1 heterocycles. The van der Waals surface area contributed by atoms with Crippen LogP contribution in [0.15, 0.2) is 30.5 Å². The fourth-order valence-corrected chi connectivity index (χ4v) is 1.70. The third-order valence-corrected chi connectivity index (χ3v) is 2.65. The number of carbonyl (C=O) groups excluding carboxylic acids is 1. The smallest absolute Gasteiger partial charge is 0.396 e. The number of rotatable bonds is 3. The zero-order valence-corrected chi connectivity index (χ0v) is 10.2. The van der Waals surface area contributed by atoms with E-state index in [4.69, 9.17) is 11.5 Å². The number of amides is 1. The zero-order valence-electron chi connectivity index (χ0n) is 10.2. The van der Waals surface area contributed by atoms with Crippen LogP contribution in [0.3, 0.4) is 0 Å². The second-order valence-electron chi connectivity index (χ2n) is 4.19. The van der Waals surface area contributed by atoms with E-state index in [-0.39, 0.29) is 17.9 Å². The first-order valence-electron chi connectivity index (χ1n) is 5.56. The Kier molecular flexibility index (Phi) is 3.39. The van der Waals surface area contributed by atoms with E-state index in [9.17, 15) is 18.0 Å². The summed E-state index contributed by atoms with van der Waals surface area (Å²) in [7, 11) is 0. The third kappa shape index (κ3) is 2.90. The first-order chi connectivity index (χ1) is 9.27. The van der Waals surface area contributed by atoms with Crippen molar-refractivity contribution >= 4 is 11.6 Å². The van der Waals surface area contributed by atoms with Gasteiger partial charge in [-0.2, -0.15) is 18.3 Å². The van der Waals surface area contributed by atoms with Crippen LogP contribution in [0.1, 0.15) is 21.6 Å². The summed E-state index contributed by atoms with van der Waals surface area (Å²) in [6.45, 7) is 0.190. The van der Waals surface area contributed by atoms with Crippen molar-refractivity contribution in [2.75, 3.05) is 5.73 Å². The molecule has 20 heavy (non-hydrogen) atoms. The SMILES string of the molecule is NC(=O)c1nn(Cc2ccc(C(F)(F)F)cc2)cc1N. The summed E-state index contributed by atoms with van der Waals surface area (Å²) in [4.78, 5) is 11.0. The molecule has 0 unspecified atom stereocenters. The van der Waals surface area contributed by atoms with Gasteiger partial charge < -0.3 is 11.5 Å². The van der Waals surface area contributed by atoms with Gasteiger partial charge in [-0.1, -0.05) is 12.1 Å². The van der Waals surface area contributed by atoms with Crippen molar-refractivity contribution in [1.29, 1.82) is 0 Å². The van der Waals surface area contributed by atoms with E-state index in [1.807, 2.05) is 0 Å². The molecule has 1 amide bonds. The average molecular weight is 284 g/mol. The minimum Gasteiger partial charge on any atom is -0.396 e. The van der Waals surface area contributed by atoms with Gasteiger partial charge in [-0.15, -0.1) is 0 Å². The Morgan fingerprint density at radius 1 is 1.25 bits per heavy atom. The Morgan fingerprint density at radius 3 is 2.30 bits per heavy atom. The predicted octanol–water partition coefficient (Wildman–Crippen LogP) is 1.63. The molecule has 2 rings (SSSR count). The van der Waals surface area contributed by atoms with Gasteiger partial charge in [0.05, 0.1) is 17.8 Å². The van der Waals surface area contributed by atoms with Crippen molar-refractivity contribution in [3.8, 4) is 0 Å². The van der Waals surface area contributed by atoms with Gasteiger partial charge in [0, 0.05) is 6.20 Å². The Hall–Kier alpha value is -2.51. The summed E-state index contributed by atoms with van der Waals surface area (Å²) >= 11 is 0. The van der Waals surface area contributed by atoms with E-state index in [0.717, 1.165) is 12.1 Å². The molecule has 0 fully saturated rings. The van der Waals surface area contributed by atoms with Crippen LogP contribution < -0.4 is 11.5 Å². The number of nitrogens with two attached hydrogens (primary N) is 2. The number of carbonyl (C=O) groups is 1. The maximum atomic E-state index is 12.4. The van der Waals surface area contributed by atoms with Crippen LogP contribution in [-0.2, 0) is 12.7 Å². The number of nitrogens with zero attached hydrogens (tertiary/aromatic N) is 2. The van der Waals surface area contributed by atoms with Crippen LogP contribution in [0.25, 0.3) is 0 Å². The molecule has 0 atom stereocenters. The third-order valence-electron chi connectivity index (χ3n) is 2.65. The molecular weight excluding hydrogens is 273 g/mol. The number of primary amides is 1. The first-order valence-corrected chi connectivity index (χ1v) is 5.56. The number of halogens is 3. The number of hydrogen-bond donors (Lipinski definition) is 2. The largest absolute Gasteiger partial charge is 0.416 e. The fourth-order valence-electron chi connectivity index (χ4n) is 1.70. The quantitative estimate of drug-likeness (QED) is 0.898. The lowest BCUT2D eigenvalue weighted by Gasteiger charge is -2.07. The summed E-state index contributed by atoms with van der Waals surface area (Å²) in [5, 5.41) is 3.87. The number of aromatic nitrogens is 2. The summed E-state index contributed by atoms with van der Waals surface area (Å²) in [6, 6.07) is 4.64. The van der Waals surface area contributed by atoms with Gasteiger partial charge in [0.15, 0.2) is 5.69 Å². The van der Waals surface area contributed by atoms with Crippen molar-refractivity contribution in [3.05, 3.63) is 47.3 Å². The van der Waals surface area contributed by atoms with Crippen LogP contribution in [0.4, 0.5) is 18.9 Å². The van der Waals surface area contributed by atoms with Crippen LogP contribution >= 0.6 is 0 Å².